The van der Waals surface area contributed by atoms with Crippen LogP contribution in [-0.2, 0) is 17.1 Å². The summed E-state index contributed by atoms with van der Waals surface area (Å²) in [7, 11) is -2.02. The molecule has 1 aliphatic rings. The van der Waals surface area contributed by atoms with Crippen molar-refractivity contribution in [3.63, 3.8) is 0 Å². The number of aryl methyl sites for hydroxylation is 1. The van der Waals surface area contributed by atoms with Crippen molar-refractivity contribution in [2.75, 3.05) is 6.54 Å². The van der Waals surface area contributed by atoms with E-state index in [0.717, 1.165) is 19.3 Å². The highest BCUT2D eigenvalue weighted by atomic mass is 35.5. The third-order valence-electron chi connectivity index (χ3n) is 2.91. The average Bonchev–Trinajstić information content (AvgIpc) is 2.59. The minimum atomic E-state index is -3.55. The summed E-state index contributed by atoms with van der Waals surface area (Å²) < 4.78 is 27.4. The Bertz CT molecular complexity index is 482. The molecular weight excluding hydrogens is 266 g/mol. The van der Waals surface area contributed by atoms with Crippen molar-refractivity contribution in [3.05, 3.63) is 6.20 Å². The predicted molar refractivity (Wildman–Crippen MR) is 64.2 cm³/mol. The Morgan fingerprint density at radius 2 is 2.24 bits per heavy atom. The molecule has 1 aromatic rings. The fourth-order valence-corrected chi connectivity index (χ4v) is 2.84. The lowest BCUT2D eigenvalue weighted by Gasteiger charge is -2.37. The summed E-state index contributed by atoms with van der Waals surface area (Å²) in [5, 5.41) is 7.16. The maximum atomic E-state index is 11.8. The van der Waals surface area contributed by atoms with Crippen molar-refractivity contribution < 1.29 is 8.42 Å². The third-order valence-corrected chi connectivity index (χ3v) is 4.36. The predicted octanol–water partition coefficient (Wildman–Crippen LogP) is -0.603. The zero-order valence-corrected chi connectivity index (χ0v) is 11.1. The second-order valence-electron chi connectivity index (χ2n) is 4.24. The van der Waals surface area contributed by atoms with Gasteiger partial charge in [0.15, 0.2) is 5.03 Å². The van der Waals surface area contributed by atoms with E-state index >= 15 is 0 Å². The van der Waals surface area contributed by atoms with Crippen LogP contribution in [0.5, 0.6) is 0 Å². The van der Waals surface area contributed by atoms with Crippen molar-refractivity contribution in [2.24, 2.45) is 12.8 Å². The summed E-state index contributed by atoms with van der Waals surface area (Å²) in [6, 6.07) is 0. The molecule has 7 nitrogen and oxygen atoms in total. The van der Waals surface area contributed by atoms with Gasteiger partial charge in [-0.3, -0.25) is 0 Å². The van der Waals surface area contributed by atoms with Gasteiger partial charge >= 0.3 is 0 Å². The molecule has 1 fully saturated rings. The number of hydrogen-bond donors (Lipinski definition) is 2. The molecule has 0 saturated heterocycles. The largest absolute Gasteiger partial charge is 0.324 e. The Morgan fingerprint density at radius 3 is 2.65 bits per heavy atom. The van der Waals surface area contributed by atoms with Gasteiger partial charge in [-0.25, -0.2) is 17.8 Å². The second kappa shape index (κ2) is 4.89. The molecule has 0 bridgehead atoms. The number of rotatable bonds is 4. The van der Waals surface area contributed by atoms with Crippen LogP contribution in [0.2, 0.25) is 0 Å². The number of nitrogens with two attached hydrogens (primary N) is 1. The van der Waals surface area contributed by atoms with Crippen molar-refractivity contribution >= 4 is 22.4 Å². The molecule has 0 radical (unpaired) electrons. The summed E-state index contributed by atoms with van der Waals surface area (Å²) in [5.74, 6) is 0. The topological polar surface area (TPSA) is 103 Å². The van der Waals surface area contributed by atoms with Gasteiger partial charge in [0.2, 0.25) is 0 Å². The Balaban J connectivity index is 0.00000144. The lowest BCUT2D eigenvalue weighted by molar-refractivity contribution is 0.251. The molecule has 0 spiro atoms. The molecule has 0 atom stereocenters. The van der Waals surface area contributed by atoms with E-state index in [2.05, 4.69) is 15.0 Å². The lowest BCUT2D eigenvalue weighted by atomic mass is 9.78. The van der Waals surface area contributed by atoms with E-state index in [0.29, 0.717) is 0 Å². The highest BCUT2D eigenvalue weighted by Crippen LogP contribution is 2.28. The first kappa shape index (κ1) is 14.4. The van der Waals surface area contributed by atoms with Gasteiger partial charge in [0.05, 0.1) is 6.20 Å². The number of nitrogens with one attached hydrogen (secondary N) is 1. The molecular formula is C8H16ClN5O2S. The summed E-state index contributed by atoms with van der Waals surface area (Å²) in [5.41, 5.74) is 5.56. The van der Waals surface area contributed by atoms with Crippen LogP contribution in [0.15, 0.2) is 11.2 Å². The quantitative estimate of drug-likeness (QED) is 0.767. The molecule has 0 aromatic carbocycles. The third kappa shape index (κ3) is 2.95. The van der Waals surface area contributed by atoms with Crippen LogP contribution in [0.4, 0.5) is 0 Å². The molecule has 98 valence electrons. The maximum Gasteiger partial charge on any atom is 0.259 e. The standard InChI is InChI=1S/C8H15N5O2S.ClH/c1-13-7(5-10-12-13)16(14,15)11-6-8(9)3-2-4-8;/h5,11H,2-4,6,9H2,1H3;1H. The van der Waals surface area contributed by atoms with Gasteiger partial charge in [0, 0.05) is 19.1 Å². The van der Waals surface area contributed by atoms with Gasteiger partial charge in [-0.15, -0.1) is 17.5 Å². The van der Waals surface area contributed by atoms with Crippen LogP contribution in [0.1, 0.15) is 19.3 Å². The fourth-order valence-electron chi connectivity index (χ4n) is 1.64. The average molecular weight is 282 g/mol. The van der Waals surface area contributed by atoms with E-state index in [1.165, 1.54) is 17.9 Å². The number of aromatic nitrogens is 3. The minimum Gasteiger partial charge on any atom is -0.324 e. The van der Waals surface area contributed by atoms with Gasteiger partial charge in [0.1, 0.15) is 0 Å². The van der Waals surface area contributed by atoms with Gasteiger partial charge in [-0.05, 0) is 19.3 Å². The molecule has 0 unspecified atom stereocenters. The number of sulfonamides is 1. The van der Waals surface area contributed by atoms with Crippen LogP contribution in [-0.4, -0.2) is 35.5 Å². The summed E-state index contributed by atoms with van der Waals surface area (Å²) >= 11 is 0. The molecule has 1 saturated carbocycles. The highest BCUT2D eigenvalue weighted by Gasteiger charge is 2.34. The first-order valence-electron chi connectivity index (χ1n) is 5.06. The molecule has 0 amide bonds. The van der Waals surface area contributed by atoms with Gasteiger partial charge in [-0.1, -0.05) is 5.21 Å². The van der Waals surface area contributed by atoms with E-state index in [9.17, 15) is 8.42 Å². The Hall–Kier alpha value is -0.700. The van der Waals surface area contributed by atoms with Crippen LogP contribution in [0.3, 0.4) is 0 Å². The Labute approximate surface area is 106 Å². The monoisotopic (exact) mass is 281 g/mol. The molecule has 3 N–H and O–H groups in total. The number of nitrogens with zero attached hydrogens (tertiary/aromatic N) is 3. The molecule has 1 aliphatic carbocycles. The molecule has 1 aromatic heterocycles. The second-order valence-corrected chi connectivity index (χ2v) is 5.95. The van der Waals surface area contributed by atoms with Crippen molar-refractivity contribution in [1.29, 1.82) is 0 Å². The fraction of sp³-hybridized carbons (Fsp3) is 0.750. The first-order chi connectivity index (χ1) is 7.43. The Morgan fingerprint density at radius 1 is 1.59 bits per heavy atom. The van der Waals surface area contributed by atoms with E-state index in [1.54, 1.807) is 0 Å². The van der Waals surface area contributed by atoms with Crippen molar-refractivity contribution in [3.8, 4) is 0 Å². The van der Waals surface area contributed by atoms with Crippen LogP contribution >= 0.6 is 12.4 Å². The van der Waals surface area contributed by atoms with Gasteiger partial charge in [-0.2, -0.15) is 0 Å². The smallest absolute Gasteiger partial charge is 0.259 e. The molecule has 2 rings (SSSR count). The zero-order valence-electron chi connectivity index (χ0n) is 9.46. The van der Waals surface area contributed by atoms with E-state index in [1.807, 2.05) is 0 Å². The zero-order chi connectivity index (χ0) is 11.8. The van der Waals surface area contributed by atoms with Crippen molar-refractivity contribution in [2.45, 2.75) is 29.8 Å². The maximum absolute atomic E-state index is 11.8. The molecule has 9 heteroatoms. The molecule has 17 heavy (non-hydrogen) atoms. The number of hydrogen-bond acceptors (Lipinski definition) is 5. The lowest BCUT2D eigenvalue weighted by Crippen LogP contribution is -2.54. The Kier molecular flexibility index (Phi) is 4.13. The van der Waals surface area contributed by atoms with E-state index < -0.39 is 10.0 Å². The van der Waals surface area contributed by atoms with Gasteiger partial charge in [0.25, 0.3) is 10.0 Å². The van der Waals surface area contributed by atoms with Crippen LogP contribution in [0, 0.1) is 0 Å². The minimum absolute atomic E-state index is 0. The van der Waals surface area contributed by atoms with E-state index in [-0.39, 0.29) is 29.5 Å². The first-order valence-corrected chi connectivity index (χ1v) is 6.55. The van der Waals surface area contributed by atoms with E-state index in [4.69, 9.17) is 5.73 Å². The SMILES string of the molecule is Cl.Cn1nncc1S(=O)(=O)NCC1(N)CCC1. The summed E-state index contributed by atoms with van der Waals surface area (Å²) in [6.45, 7) is 0.264. The molecule has 0 aliphatic heterocycles. The molecule has 1 heterocycles. The summed E-state index contributed by atoms with van der Waals surface area (Å²) in [6.07, 6.45) is 4.00. The highest BCUT2D eigenvalue weighted by molar-refractivity contribution is 7.89. The van der Waals surface area contributed by atoms with Gasteiger partial charge < -0.3 is 5.73 Å². The van der Waals surface area contributed by atoms with Crippen LogP contribution in [0.25, 0.3) is 0 Å². The van der Waals surface area contributed by atoms with Crippen molar-refractivity contribution in [1.82, 2.24) is 19.7 Å². The normalized spacial score (nSPS) is 18.2. The van der Waals surface area contributed by atoms with Crippen LogP contribution < -0.4 is 10.5 Å². The summed E-state index contributed by atoms with van der Waals surface area (Å²) in [4.78, 5) is 0. The number of halogens is 1.